The van der Waals surface area contributed by atoms with E-state index in [0.29, 0.717) is 5.56 Å². The molecule has 0 radical (unpaired) electrons. The standard InChI is InChI=1S/C19H14FNS/c1-13-2-3-14(12-21)10-16(13)11-18-8-9-19(22-18)15-4-6-17(20)7-5-15/h2-10H,11H2,1H3. The largest absolute Gasteiger partial charge is 0.207 e. The van der Waals surface area contributed by atoms with Gasteiger partial charge < -0.3 is 0 Å². The fourth-order valence-electron chi connectivity index (χ4n) is 2.36. The maximum Gasteiger partial charge on any atom is 0.123 e. The van der Waals surface area contributed by atoms with E-state index in [4.69, 9.17) is 5.26 Å². The lowest BCUT2D eigenvalue weighted by molar-refractivity contribution is 0.628. The number of rotatable bonds is 3. The Hall–Kier alpha value is -2.44. The summed E-state index contributed by atoms with van der Waals surface area (Å²) in [5.41, 5.74) is 4.08. The van der Waals surface area contributed by atoms with Gasteiger partial charge in [0.05, 0.1) is 11.6 Å². The molecule has 0 unspecified atom stereocenters. The first kappa shape index (κ1) is 14.5. The van der Waals surface area contributed by atoms with Gasteiger partial charge in [0.1, 0.15) is 5.82 Å². The first-order valence-corrected chi connectivity index (χ1v) is 7.81. The van der Waals surface area contributed by atoms with E-state index in [9.17, 15) is 4.39 Å². The summed E-state index contributed by atoms with van der Waals surface area (Å²) >= 11 is 1.70. The molecule has 0 saturated carbocycles. The van der Waals surface area contributed by atoms with Crippen molar-refractivity contribution in [3.8, 4) is 16.5 Å². The van der Waals surface area contributed by atoms with Crippen LogP contribution in [-0.2, 0) is 6.42 Å². The number of nitriles is 1. The van der Waals surface area contributed by atoms with Crippen molar-refractivity contribution in [2.24, 2.45) is 0 Å². The topological polar surface area (TPSA) is 23.8 Å². The van der Waals surface area contributed by atoms with E-state index in [0.717, 1.165) is 16.9 Å². The smallest absolute Gasteiger partial charge is 0.123 e. The summed E-state index contributed by atoms with van der Waals surface area (Å²) in [4.78, 5) is 2.36. The summed E-state index contributed by atoms with van der Waals surface area (Å²) < 4.78 is 13.0. The minimum absolute atomic E-state index is 0.218. The molecule has 0 N–H and O–H groups in total. The second-order valence-electron chi connectivity index (χ2n) is 5.20. The molecule has 0 bridgehead atoms. The molecule has 108 valence electrons. The second kappa shape index (κ2) is 6.13. The van der Waals surface area contributed by atoms with Crippen molar-refractivity contribution in [2.45, 2.75) is 13.3 Å². The van der Waals surface area contributed by atoms with Crippen molar-refractivity contribution in [1.29, 1.82) is 5.26 Å². The zero-order valence-corrected chi connectivity index (χ0v) is 13.0. The molecule has 0 aliphatic carbocycles. The number of hydrogen-bond donors (Lipinski definition) is 0. The van der Waals surface area contributed by atoms with Gasteiger partial charge in [-0.15, -0.1) is 11.3 Å². The van der Waals surface area contributed by atoms with Gasteiger partial charge in [0.15, 0.2) is 0 Å². The molecule has 3 rings (SSSR count). The molecular formula is C19H14FNS. The fraction of sp³-hybridized carbons (Fsp3) is 0.105. The Morgan fingerprint density at radius 1 is 1.05 bits per heavy atom. The third kappa shape index (κ3) is 3.08. The van der Waals surface area contributed by atoms with Crippen LogP contribution in [0.2, 0.25) is 0 Å². The highest BCUT2D eigenvalue weighted by Gasteiger charge is 2.07. The maximum absolute atomic E-state index is 13.0. The molecule has 0 amide bonds. The van der Waals surface area contributed by atoms with E-state index in [2.05, 4.69) is 25.1 Å². The van der Waals surface area contributed by atoms with E-state index in [1.165, 1.54) is 28.1 Å². The Morgan fingerprint density at radius 2 is 1.82 bits per heavy atom. The van der Waals surface area contributed by atoms with Gasteiger partial charge in [-0.25, -0.2) is 4.39 Å². The molecule has 1 aromatic heterocycles. The molecule has 0 aliphatic heterocycles. The first-order valence-electron chi connectivity index (χ1n) is 7.00. The van der Waals surface area contributed by atoms with Crippen LogP contribution in [-0.4, -0.2) is 0 Å². The lowest BCUT2D eigenvalue weighted by Crippen LogP contribution is -1.90. The third-order valence-corrected chi connectivity index (χ3v) is 4.77. The lowest BCUT2D eigenvalue weighted by atomic mass is 10.0. The highest BCUT2D eigenvalue weighted by molar-refractivity contribution is 7.15. The zero-order valence-electron chi connectivity index (χ0n) is 12.1. The summed E-state index contributed by atoms with van der Waals surface area (Å²) in [6.45, 7) is 2.06. The minimum atomic E-state index is -0.218. The lowest BCUT2D eigenvalue weighted by Gasteiger charge is -2.04. The molecule has 3 heteroatoms. The molecule has 2 aromatic carbocycles. The van der Waals surface area contributed by atoms with Crippen LogP contribution in [0.4, 0.5) is 4.39 Å². The zero-order chi connectivity index (χ0) is 15.5. The second-order valence-corrected chi connectivity index (χ2v) is 6.37. The van der Waals surface area contributed by atoms with E-state index >= 15 is 0 Å². The van der Waals surface area contributed by atoms with Gasteiger partial charge in [0.25, 0.3) is 0 Å². The molecule has 1 nitrogen and oxygen atoms in total. The van der Waals surface area contributed by atoms with Crippen LogP contribution in [0.25, 0.3) is 10.4 Å². The Bertz CT molecular complexity index is 841. The SMILES string of the molecule is Cc1ccc(C#N)cc1Cc1ccc(-c2ccc(F)cc2)s1. The number of halogens is 1. The van der Waals surface area contributed by atoms with Crippen molar-refractivity contribution in [1.82, 2.24) is 0 Å². The molecule has 0 atom stereocenters. The maximum atomic E-state index is 13.0. The van der Waals surface area contributed by atoms with Crippen molar-refractivity contribution in [3.05, 3.63) is 82.0 Å². The van der Waals surface area contributed by atoms with Crippen LogP contribution in [0, 0.1) is 24.1 Å². The monoisotopic (exact) mass is 307 g/mol. The molecule has 22 heavy (non-hydrogen) atoms. The van der Waals surface area contributed by atoms with Gasteiger partial charge in [-0.05, 0) is 60.0 Å². The molecule has 1 heterocycles. The van der Waals surface area contributed by atoms with Gasteiger partial charge in [0, 0.05) is 16.2 Å². The first-order chi connectivity index (χ1) is 10.7. The average Bonchev–Trinajstić information content (AvgIpc) is 2.99. The highest BCUT2D eigenvalue weighted by atomic mass is 32.1. The Labute approximate surface area is 133 Å². The van der Waals surface area contributed by atoms with Crippen LogP contribution in [0.1, 0.15) is 21.6 Å². The normalized spacial score (nSPS) is 10.4. The molecular weight excluding hydrogens is 293 g/mol. The molecule has 0 aliphatic rings. The van der Waals surface area contributed by atoms with E-state index in [-0.39, 0.29) is 5.82 Å². The van der Waals surface area contributed by atoms with Crippen LogP contribution in [0.15, 0.2) is 54.6 Å². The number of hydrogen-bond acceptors (Lipinski definition) is 2. The minimum Gasteiger partial charge on any atom is -0.207 e. The van der Waals surface area contributed by atoms with Gasteiger partial charge in [0.2, 0.25) is 0 Å². The van der Waals surface area contributed by atoms with Crippen molar-refractivity contribution in [3.63, 3.8) is 0 Å². The molecule has 3 aromatic rings. The summed E-state index contributed by atoms with van der Waals surface area (Å²) in [6.07, 6.45) is 0.813. The highest BCUT2D eigenvalue weighted by Crippen LogP contribution is 2.30. The Kier molecular flexibility index (Phi) is 4.04. The Morgan fingerprint density at radius 3 is 2.55 bits per heavy atom. The van der Waals surface area contributed by atoms with Crippen molar-refractivity contribution < 1.29 is 4.39 Å². The molecule has 0 saturated heterocycles. The van der Waals surface area contributed by atoms with Crippen molar-refractivity contribution >= 4 is 11.3 Å². The number of nitrogens with zero attached hydrogens (tertiary/aromatic N) is 1. The summed E-state index contributed by atoms with van der Waals surface area (Å²) in [7, 11) is 0. The van der Waals surface area contributed by atoms with E-state index in [1.807, 2.05) is 18.2 Å². The fourth-order valence-corrected chi connectivity index (χ4v) is 3.40. The van der Waals surface area contributed by atoms with Gasteiger partial charge in [-0.3, -0.25) is 0 Å². The average molecular weight is 307 g/mol. The summed E-state index contributed by atoms with van der Waals surface area (Å²) in [5, 5.41) is 9.02. The van der Waals surface area contributed by atoms with Gasteiger partial charge in [-0.2, -0.15) is 5.26 Å². The molecule has 0 fully saturated rings. The van der Waals surface area contributed by atoms with E-state index in [1.54, 1.807) is 23.5 Å². The van der Waals surface area contributed by atoms with Crippen LogP contribution < -0.4 is 0 Å². The third-order valence-electron chi connectivity index (χ3n) is 3.63. The predicted molar refractivity (Wildman–Crippen MR) is 88.4 cm³/mol. The van der Waals surface area contributed by atoms with Crippen LogP contribution in [0.5, 0.6) is 0 Å². The molecule has 0 spiro atoms. The quantitative estimate of drug-likeness (QED) is 0.642. The summed E-state index contributed by atoms with van der Waals surface area (Å²) in [5.74, 6) is -0.218. The van der Waals surface area contributed by atoms with Crippen LogP contribution >= 0.6 is 11.3 Å². The number of thiophene rings is 1. The number of benzene rings is 2. The number of aryl methyl sites for hydroxylation is 1. The summed E-state index contributed by atoms with van der Waals surface area (Å²) in [6, 6.07) is 18.7. The van der Waals surface area contributed by atoms with Crippen molar-refractivity contribution in [2.75, 3.05) is 0 Å². The van der Waals surface area contributed by atoms with Gasteiger partial charge in [-0.1, -0.05) is 18.2 Å². The van der Waals surface area contributed by atoms with E-state index < -0.39 is 0 Å². The Balaban J connectivity index is 1.86. The van der Waals surface area contributed by atoms with Gasteiger partial charge >= 0.3 is 0 Å². The predicted octanol–water partition coefficient (Wildman–Crippen LogP) is 5.33. The van der Waals surface area contributed by atoms with Crippen LogP contribution in [0.3, 0.4) is 0 Å².